The number of carbonyl (C=O) groups excluding carboxylic acids is 2. The Hall–Kier alpha value is -3.00. The van der Waals surface area contributed by atoms with E-state index >= 15 is 0 Å². The van der Waals surface area contributed by atoms with E-state index in [4.69, 9.17) is 21.2 Å². The van der Waals surface area contributed by atoms with Crippen molar-refractivity contribution in [2.45, 2.75) is 38.5 Å². The predicted molar refractivity (Wildman–Crippen MR) is 120 cm³/mol. The smallest absolute Gasteiger partial charge is 0.342 e. The van der Waals surface area contributed by atoms with Crippen molar-refractivity contribution in [2.24, 2.45) is 5.16 Å². The molecule has 0 aromatic heterocycles. The molecule has 32 heavy (non-hydrogen) atoms. The summed E-state index contributed by atoms with van der Waals surface area (Å²) in [6.07, 6.45) is 11.6. The molecule has 1 aromatic rings. The third-order valence-electron chi connectivity index (χ3n) is 5.21. The van der Waals surface area contributed by atoms with Crippen molar-refractivity contribution >= 4 is 29.2 Å². The number of hydrogen-bond donors (Lipinski definition) is 2. The van der Waals surface area contributed by atoms with Gasteiger partial charge in [-0.25, -0.2) is 4.79 Å². The van der Waals surface area contributed by atoms with Crippen LogP contribution in [0.1, 0.15) is 48.0 Å². The van der Waals surface area contributed by atoms with Crippen molar-refractivity contribution in [3.8, 4) is 11.5 Å². The molecule has 2 aliphatic rings. The Balaban J connectivity index is 1.88. The van der Waals surface area contributed by atoms with E-state index in [2.05, 4.69) is 5.16 Å². The summed E-state index contributed by atoms with van der Waals surface area (Å²) in [7, 11) is 0. The number of aromatic hydroxyl groups is 2. The number of phenols is 2. The second-order valence-electron chi connectivity index (χ2n) is 7.58. The van der Waals surface area contributed by atoms with Gasteiger partial charge in [-0.2, -0.15) is 0 Å². The fourth-order valence-electron chi connectivity index (χ4n) is 3.55. The van der Waals surface area contributed by atoms with Gasteiger partial charge in [0, 0.05) is 25.6 Å². The summed E-state index contributed by atoms with van der Waals surface area (Å²) in [6, 6.07) is 1.00. The molecule has 0 unspecified atom stereocenters. The molecule has 172 valence electrons. The van der Waals surface area contributed by atoms with Gasteiger partial charge >= 0.3 is 5.97 Å². The molecule has 1 aromatic carbocycles. The Bertz CT molecular complexity index is 935. The van der Waals surface area contributed by atoms with Crippen LogP contribution in [-0.4, -0.2) is 59.0 Å². The number of ether oxygens (including phenoxy) is 1. The number of fused-ring (bicyclic) bond motifs is 1. The number of esters is 1. The van der Waals surface area contributed by atoms with Crippen LogP contribution in [-0.2, 0) is 20.8 Å². The maximum atomic E-state index is 12.6. The Morgan fingerprint density at radius 3 is 2.62 bits per heavy atom. The highest BCUT2D eigenvalue weighted by atomic mass is 35.5. The molecule has 0 aliphatic carbocycles. The first kappa shape index (κ1) is 23.7. The molecule has 2 heterocycles. The molecule has 0 spiro atoms. The number of cyclic esters (lactones) is 1. The summed E-state index contributed by atoms with van der Waals surface area (Å²) in [5.74, 6) is -1.70. The number of amides is 1. The number of carbonyl (C=O) groups is 2. The molecule has 0 radical (unpaired) electrons. The van der Waals surface area contributed by atoms with E-state index in [1.807, 2.05) is 18.2 Å². The number of hydrogen-bond acceptors (Lipinski definition) is 7. The topological polar surface area (TPSA) is 109 Å². The Morgan fingerprint density at radius 1 is 1.12 bits per heavy atom. The molecule has 3 rings (SSSR count). The average Bonchev–Trinajstić information content (AvgIpc) is 3.30. The molecular weight excluding hydrogens is 436 g/mol. The number of likely N-dealkylation sites (tertiary alicyclic amines) is 1. The maximum absolute atomic E-state index is 12.6. The highest BCUT2D eigenvalue weighted by Crippen LogP contribution is 2.37. The minimum Gasteiger partial charge on any atom is -0.507 e. The summed E-state index contributed by atoms with van der Waals surface area (Å²) < 4.78 is 5.26. The van der Waals surface area contributed by atoms with Crippen molar-refractivity contribution in [3.05, 3.63) is 46.5 Å². The van der Waals surface area contributed by atoms with Gasteiger partial charge < -0.3 is 24.7 Å². The molecule has 8 nitrogen and oxygen atoms in total. The largest absolute Gasteiger partial charge is 0.507 e. The molecule has 9 heteroatoms. The van der Waals surface area contributed by atoms with Crippen molar-refractivity contribution in [3.63, 3.8) is 0 Å². The number of benzene rings is 1. The molecule has 2 N–H and O–H groups in total. The zero-order valence-corrected chi connectivity index (χ0v) is 18.5. The van der Waals surface area contributed by atoms with Gasteiger partial charge in [-0.1, -0.05) is 35.0 Å². The van der Waals surface area contributed by atoms with Crippen molar-refractivity contribution in [1.82, 2.24) is 4.90 Å². The lowest BCUT2D eigenvalue weighted by Gasteiger charge is -2.15. The van der Waals surface area contributed by atoms with E-state index in [0.29, 0.717) is 12.1 Å². The molecular formula is C23H27ClN2O6. The molecule has 2 aliphatic heterocycles. The van der Waals surface area contributed by atoms with Gasteiger partial charge in [0.15, 0.2) is 6.61 Å². The Kier molecular flexibility index (Phi) is 8.56. The molecule has 0 saturated carbocycles. The number of allylic oxidation sites excluding steroid dienone is 3. The number of nitrogens with zero attached hydrogens (tertiary/aromatic N) is 2. The molecule has 0 bridgehead atoms. The lowest BCUT2D eigenvalue weighted by molar-refractivity contribution is -0.135. The van der Waals surface area contributed by atoms with E-state index < -0.39 is 11.7 Å². The highest BCUT2D eigenvalue weighted by Gasteiger charge is 2.24. The van der Waals surface area contributed by atoms with Crippen molar-refractivity contribution in [1.29, 1.82) is 0 Å². The van der Waals surface area contributed by atoms with Crippen LogP contribution in [0.3, 0.4) is 0 Å². The van der Waals surface area contributed by atoms with Crippen LogP contribution in [0.25, 0.3) is 0 Å². The lowest BCUT2D eigenvalue weighted by Crippen LogP contribution is -2.30. The first-order valence-electron chi connectivity index (χ1n) is 10.7. The molecule has 1 saturated heterocycles. The summed E-state index contributed by atoms with van der Waals surface area (Å²) in [5, 5.41) is 24.4. The summed E-state index contributed by atoms with van der Waals surface area (Å²) in [5.41, 5.74) is 0.406. The van der Waals surface area contributed by atoms with Crippen molar-refractivity contribution < 1.29 is 29.4 Å². The second kappa shape index (κ2) is 11.6. The molecule has 1 fully saturated rings. The first-order valence-corrected chi connectivity index (χ1v) is 11.0. The molecule has 1 amide bonds. The van der Waals surface area contributed by atoms with E-state index in [0.717, 1.165) is 44.8 Å². The zero-order valence-electron chi connectivity index (χ0n) is 17.8. The highest BCUT2D eigenvalue weighted by molar-refractivity contribution is 6.33. The van der Waals surface area contributed by atoms with Gasteiger partial charge in [0.2, 0.25) is 0 Å². The first-order chi connectivity index (χ1) is 15.5. The number of halogens is 1. The third-order valence-corrected chi connectivity index (χ3v) is 5.63. The van der Waals surface area contributed by atoms with E-state index in [1.165, 1.54) is 0 Å². The minimum atomic E-state index is -0.752. The van der Waals surface area contributed by atoms with Crippen LogP contribution in [0.15, 0.2) is 35.5 Å². The quantitative estimate of drug-likeness (QED) is 0.402. The monoisotopic (exact) mass is 462 g/mol. The van der Waals surface area contributed by atoms with E-state index in [1.54, 1.807) is 11.0 Å². The van der Waals surface area contributed by atoms with E-state index in [-0.39, 0.29) is 47.4 Å². The summed E-state index contributed by atoms with van der Waals surface area (Å²) in [6.45, 7) is 1.38. The lowest BCUT2D eigenvalue weighted by atomic mass is 9.99. The van der Waals surface area contributed by atoms with Crippen LogP contribution in [0.2, 0.25) is 5.02 Å². The maximum Gasteiger partial charge on any atom is 0.342 e. The predicted octanol–water partition coefficient (Wildman–Crippen LogP) is 3.74. The van der Waals surface area contributed by atoms with Crippen molar-refractivity contribution in [2.75, 3.05) is 26.3 Å². The second-order valence-corrected chi connectivity index (χ2v) is 7.96. The van der Waals surface area contributed by atoms with E-state index in [9.17, 15) is 19.8 Å². The van der Waals surface area contributed by atoms with Gasteiger partial charge in [-0.05, 0) is 43.7 Å². The van der Waals surface area contributed by atoms with Crippen LogP contribution in [0.5, 0.6) is 11.5 Å². The van der Waals surface area contributed by atoms with Crippen LogP contribution in [0, 0.1) is 0 Å². The zero-order chi connectivity index (χ0) is 22.9. The summed E-state index contributed by atoms with van der Waals surface area (Å²) >= 11 is 6.27. The number of rotatable bonds is 3. The Labute approximate surface area is 191 Å². The van der Waals surface area contributed by atoms with Crippen LogP contribution >= 0.6 is 11.6 Å². The summed E-state index contributed by atoms with van der Waals surface area (Å²) in [4.78, 5) is 31.9. The number of phenolic OH excluding ortho intramolecular Hbond substituents is 2. The average molecular weight is 463 g/mol. The number of oxime groups is 1. The van der Waals surface area contributed by atoms with Gasteiger partial charge in [0.05, 0.1) is 17.3 Å². The SMILES string of the molecule is O=C1OCC/C=C/CC/C=C/C(=N\OCC(=O)N2CCCC2)Cc2c(Cl)c(O)cc(O)c21. The normalized spacial score (nSPS) is 20.8. The van der Waals surface area contributed by atoms with Crippen LogP contribution in [0.4, 0.5) is 0 Å². The fraction of sp³-hybridized carbons (Fsp3) is 0.435. The van der Waals surface area contributed by atoms with Gasteiger partial charge in [-0.3, -0.25) is 4.79 Å². The van der Waals surface area contributed by atoms with Gasteiger partial charge in [0.25, 0.3) is 5.91 Å². The third kappa shape index (κ3) is 6.26. The fourth-order valence-corrected chi connectivity index (χ4v) is 3.76. The van der Waals surface area contributed by atoms with Gasteiger partial charge in [-0.15, -0.1) is 0 Å². The Morgan fingerprint density at radius 2 is 1.84 bits per heavy atom. The van der Waals surface area contributed by atoms with Gasteiger partial charge in [0.1, 0.15) is 17.1 Å². The minimum absolute atomic E-state index is 0.0184. The standard InChI is InChI=1S/C23H27ClN2O6/c24-22-17-13-16(25-32-15-20(29)26-10-6-7-11-26)9-5-3-1-2-4-8-12-31-23(30)21(17)18(27)14-19(22)28/h2,4-5,9,14,27-28H,1,3,6-8,10-13,15H2/b4-2+,9-5+,25-16+. The molecule has 0 atom stereocenters. The van der Waals surface area contributed by atoms with Crippen LogP contribution < -0.4 is 0 Å².